The Bertz CT molecular complexity index is 461. The lowest BCUT2D eigenvalue weighted by atomic mass is 9.88. The van der Waals surface area contributed by atoms with Gasteiger partial charge in [-0.15, -0.1) is 0 Å². The maximum Gasteiger partial charge on any atom is 0.255 e. The summed E-state index contributed by atoms with van der Waals surface area (Å²) >= 11 is 5.84. The zero-order chi connectivity index (χ0) is 13.3. The van der Waals surface area contributed by atoms with Crippen LogP contribution in [0, 0.1) is 11.8 Å². The molecule has 18 heavy (non-hydrogen) atoms. The Hall–Kier alpha value is -1.22. The summed E-state index contributed by atoms with van der Waals surface area (Å²) in [6.45, 7) is 6.05. The molecule has 1 heterocycles. The van der Waals surface area contributed by atoms with Gasteiger partial charge in [-0.2, -0.15) is 0 Å². The summed E-state index contributed by atoms with van der Waals surface area (Å²) in [7, 11) is 0. The Labute approximate surface area is 113 Å². The Kier molecular flexibility index (Phi) is 3.81. The molecule has 3 nitrogen and oxygen atoms in total. The SMILES string of the molecule is CC1CCN(C(=O)c2ccc(Cl)cc2N)CC1C. The molecule has 0 radical (unpaired) electrons. The average Bonchev–Trinajstić information content (AvgIpc) is 2.32. The number of rotatable bonds is 1. The number of carbonyl (C=O) groups is 1. The highest BCUT2D eigenvalue weighted by Gasteiger charge is 2.27. The first kappa shape index (κ1) is 13.2. The second-order valence-corrected chi connectivity index (χ2v) is 5.66. The van der Waals surface area contributed by atoms with Crippen molar-refractivity contribution < 1.29 is 4.79 Å². The van der Waals surface area contributed by atoms with E-state index in [1.54, 1.807) is 18.2 Å². The van der Waals surface area contributed by atoms with Gasteiger partial charge in [0.15, 0.2) is 0 Å². The van der Waals surface area contributed by atoms with Gasteiger partial charge in [0.1, 0.15) is 0 Å². The quantitative estimate of drug-likeness (QED) is 0.794. The van der Waals surface area contributed by atoms with E-state index in [0.29, 0.717) is 28.1 Å². The Morgan fingerprint density at radius 3 is 2.72 bits per heavy atom. The fourth-order valence-corrected chi connectivity index (χ4v) is 2.53. The molecule has 0 aliphatic carbocycles. The molecule has 1 aliphatic rings. The number of nitrogen functional groups attached to an aromatic ring is 1. The van der Waals surface area contributed by atoms with Crippen molar-refractivity contribution in [3.05, 3.63) is 28.8 Å². The number of likely N-dealkylation sites (tertiary alicyclic amines) is 1. The lowest BCUT2D eigenvalue weighted by molar-refractivity contribution is 0.0628. The summed E-state index contributed by atoms with van der Waals surface area (Å²) in [5, 5.41) is 0.560. The minimum atomic E-state index is 0.0166. The van der Waals surface area contributed by atoms with Crippen molar-refractivity contribution in [3.8, 4) is 0 Å². The predicted octanol–water partition coefficient (Wildman–Crippen LogP) is 3.04. The van der Waals surface area contributed by atoms with Crippen molar-refractivity contribution in [1.82, 2.24) is 4.90 Å². The zero-order valence-electron chi connectivity index (χ0n) is 10.8. The minimum absolute atomic E-state index is 0.0166. The number of hydrogen-bond acceptors (Lipinski definition) is 2. The van der Waals surface area contributed by atoms with Crippen molar-refractivity contribution in [2.24, 2.45) is 11.8 Å². The topological polar surface area (TPSA) is 46.3 Å². The average molecular weight is 267 g/mol. The van der Waals surface area contributed by atoms with Gasteiger partial charge in [0.25, 0.3) is 5.91 Å². The smallest absolute Gasteiger partial charge is 0.255 e. The van der Waals surface area contributed by atoms with E-state index < -0.39 is 0 Å². The van der Waals surface area contributed by atoms with E-state index in [9.17, 15) is 4.79 Å². The van der Waals surface area contributed by atoms with Crippen LogP contribution in [-0.2, 0) is 0 Å². The predicted molar refractivity (Wildman–Crippen MR) is 74.7 cm³/mol. The van der Waals surface area contributed by atoms with Crippen LogP contribution in [0.25, 0.3) is 0 Å². The first-order chi connectivity index (χ1) is 8.49. The van der Waals surface area contributed by atoms with Crippen LogP contribution in [-0.4, -0.2) is 23.9 Å². The van der Waals surface area contributed by atoms with Crippen LogP contribution in [0.4, 0.5) is 5.69 Å². The molecule has 2 atom stereocenters. The highest BCUT2D eigenvalue weighted by molar-refractivity contribution is 6.31. The van der Waals surface area contributed by atoms with Gasteiger partial charge >= 0.3 is 0 Å². The molecule has 0 aromatic heterocycles. The van der Waals surface area contributed by atoms with E-state index in [1.165, 1.54) is 0 Å². The molecule has 0 bridgehead atoms. The maximum atomic E-state index is 12.4. The van der Waals surface area contributed by atoms with Gasteiger partial charge in [0.2, 0.25) is 0 Å². The normalized spacial score (nSPS) is 24.1. The Morgan fingerprint density at radius 2 is 2.11 bits per heavy atom. The highest BCUT2D eigenvalue weighted by Crippen LogP contribution is 2.25. The van der Waals surface area contributed by atoms with Crippen molar-refractivity contribution in [1.29, 1.82) is 0 Å². The molecule has 2 N–H and O–H groups in total. The molecule has 0 spiro atoms. The number of nitrogens with zero attached hydrogens (tertiary/aromatic N) is 1. The third-order valence-corrected chi connectivity index (χ3v) is 4.10. The van der Waals surface area contributed by atoms with E-state index in [0.717, 1.165) is 19.5 Å². The standard InChI is InChI=1S/C14H19ClN2O/c1-9-5-6-17(8-10(9)2)14(18)12-4-3-11(15)7-13(12)16/h3-4,7,9-10H,5-6,8,16H2,1-2H3. The van der Waals surface area contributed by atoms with Crippen LogP contribution in [0.3, 0.4) is 0 Å². The first-order valence-electron chi connectivity index (χ1n) is 6.33. The van der Waals surface area contributed by atoms with Gasteiger partial charge in [0, 0.05) is 23.8 Å². The van der Waals surface area contributed by atoms with Gasteiger partial charge in [0.05, 0.1) is 5.56 Å². The van der Waals surface area contributed by atoms with Crippen LogP contribution in [0.5, 0.6) is 0 Å². The van der Waals surface area contributed by atoms with Crippen molar-refractivity contribution in [3.63, 3.8) is 0 Å². The monoisotopic (exact) mass is 266 g/mol. The highest BCUT2D eigenvalue weighted by atomic mass is 35.5. The van der Waals surface area contributed by atoms with E-state index in [1.807, 2.05) is 4.90 Å². The first-order valence-corrected chi connectivity index (χ1v) is 6.71. The zero-order valence-corrected chi connectivity index (χ0v) is 11.6. The summed E-state index contributed by atoms with van der Waals surface area (Å²) in [4.78, 5) is 14.3. The molecule has 0 saturated carbocycles. The molecule has 2 rings (SSSR count). The van der Waals surface area contributed by atoms with Crippen LogP contribution in [0.1, 0.15) is 30.6 Å². The lowest BCUT2D eigenvalue weighted by Crippen LogP contribution is -2.42. The van der Waals surface area contributed by atoms with Crippen molar-refractivity contribution in [2.75, 3.05) is 18.8 Å². The third kappa shape index (κ3) is 2.61. The van der Waals surface area contributed by atoms with Gasteiger partial charge in [-0.25, -0.2) is 0 Å². The van der Waals surface area contributed by atoms with E-state index >= 15 is 0 Å². The molecular weight excluding hydrogens is 248 g/mol. The van der Waals surface area contributed by atoms with Crippen molar-refractivity contribution >= 4 is 23.2 Å². The summed E-state index contributed by atoms with van der Waals surface area (Å²) < 4.78 is 0. The Balaban J connectivity index is 2.16. The van der Waals surface area contributed by atoms with Gasteiger partial charge in [-0.3, -0.25) is 4.79 Å². The second-order valence-electron chi connectivity index (χ2n) is 5.23. The van der Waals surface area contributed by atoms with E-state index in [2.05, 4.69) is 13.8 Å². The molecule has 98 valence electrons. The number of anilines is 1. The summed E-state index contributed by atoms with van der Waals surface area (Å²) in [6, 6.07) is 5.05. The van der Waals surface area contributed by atoms with E-state index in [-0.39, 0.29) is 5.91 Å². The van der Waals surface area contributed by atoms with Crippen LogP contribution in [0.15, 0.2) is 18.2 Å². The lowest BCUT2D eigenvalue weighted by Gasteiger charge is -2.35. The fourth-order valence-electron chi connectivity index (χ4n) is 2.35. The number of carbonyl (C=O) groups excluding carboxylic acids is 1. The number of piperidine rings is 1. The number of hydrogen-bond donors (Lipinski definition) is 1. The molecule has 1 aromatic rings. The molecule has 4 heteroatoms. The van der Waals surface area contributed by atoms with E-state index in [4.69, 9.17) is 17.3 Å². The molecule has 2 unspecified atom stereocenters. The largest absolute Gasteiger partial charge is 0.398 e. The number of benzene rings is 1. The van der Waals surface area contributed by atoms with Gasteiger partial charge in [-0.1, -0.05) is 25.4 Å². The van der Waals surface area contributed by atoms with Crippen molar-refractivity contribution in [2.45, 2.75) is 20.3 Å². The fraction of sp³-hybridized carbons (Fsp3) is 0.500. The molecular formula is C14H19ClN2O. The van der Waals surface area contributed by atoms with Crippen LogP contribution < -0.4 is 5.73 Å². The Morgan fingerprint density at radius 1 is 1.39 bits per heavy atom. The molecule has 1 fully saturated rings. The van der Waals surface area contributed by atoms with Gasteiger partial charge < -0.3 is 10.6 Å². The molecule has 1 aliphatic heterocycles. The minimum Gasteiger partial charge on any atom is -0.398 e. The summed E-state index contributed by atoms with van der Waals surface area (Å²) in [5.74, 6) is 1.23. The summed E-state index contributed by atoms with van der Waals surface area (Å²) in [5.41, 5.74) is 6.87. The van der Waals surface area contributed by atoms with Gasteiger partial charge in [-0.05, 0) is 36.5 Å². The maximum absolute atomic E-state index is 12.4. The van der Waals surface area contributed by atoms with Crippen LogP contribution in [0.2, 0.25) is 5.02 Å². The number of halogens is 1. The van der Waals surface area contributed by atoms with Crippen LogP contribution >= 0.6 is 11.6 Å². The molecule has 1 saturated heterocycles. The number of nitrogens with two attached hydrogens (primary N) is 1. The third-order valence-electron chi connectivity index (χ3n) is 3.87. The number of amides is 1. The summed E-state index contributed by atoms with van der Waals surface area (Å²) in [6.07, 6.45) is 1.06. The molecule has 1 amide bonds. The second kappa shape index (κ2) is 5.19. The molecule has 1 aromatic carbocycles.